The van der Waals surface area contributed by atoms with E-state index in [2.05, 4.69) is 5.32 Å². The lowest BCUT2D eigenvalue weighted by Gasteiger charge is -2.14. The Morgan fingerprint density at radius 1 is 1.03 bits per heavy atom. The van der Waals surface area contributed by atoms with E-state index in [1.54, 1.807) is 24.3 Å². The number of benzene rings is 3. The van der Waals surface area contributed by atoms with E-state index in [1.165, 1.54) is 25.3 Å². The van der Waals surface area contributed by atoms with Crippen molar-refractivity contribution in [2.45, 2.75) is 12.8 Å². The first-order valence-electron chi connectivity index (χ1n) is 8.91. The number of hydrogen-bond acceptors (Lipinski definition) is 3. The fourth-order valence-electron chi connectivity index (χ4n) is 2.74. The molecule has 0 saturated carbocycles. The molecule has 0 fully saturated rings. The maximum Gasteiger partial charge on any atom is 0.416 e. The summed E-state index contributed by atoms with van der Waals surface area (Å²) in [6.45, 7) is 0.00590. The Morgan fingerprint density at radius 2 is 1.77 bits per heavy atom. The molecule has 0 spiro atoms. The number of carbonyl (C=O) groups is 1. The van der Waals surface area contributed by atoms with Crippen LogP contribution in [-0.2, 0) is 12.8 Å². The molecule has 162 valence electrons. The van der Waals surface area contributed by atoms with Crippen LogP contribution in [0.5, 0.6) is 11.5 Å². The van der Waals surface area contributed by atoms with Gasteiger partial charge in [-0.05, 0) is 48.5 Å². The SMILES string of the molecule is COc1ccc(C(=O)Nc2cc(C(F)(F)F)ccc2F)cc1COc1ccccc1Cl. The highest BCUT2D eigenvalue weighted by Gasteiger charge is 2.31. The van der Waals surface area contributed by atoms with Crippen molar-refractivity contribution in [2.75, 3.05) is 12.4 Å². The van der Waals surface area contributed by atoms with Crippen molar-refractivity contribution in [2.24, 2.45) is 0 Å². The number of nitrogens with one attached hydrogen (secondary N) is 1. The van der Waals surface area contributed by atoms with Gasteiger partial charge in [0.2, 0.25) is 0 Å². The fraction of sp³-hybridized carbons (Fsp3) is 0.136. The predicted molar refractivity (Wildman–Crippen MR) is 108 cm³/mol. The fourth-order valence-corrected chi connectivity index (χ4v) is 2.93. The average molecular weight is 454 g/mol. The van der Waals surface area contributed by atoms with Crippen molar-refractivity contribution in [1.29, 1.82) is 0 Å². The molecule has 0 heterocycles. The molecule has 3 rings (SSSR count). The van der Waals surface area contributed by atoms with Crippen LogP contribution in [0.1, 0.15) is 21.5 Å². The van der Waals surface area contributed by atoms with Crippen LogP contribution in [0, 0.1) is 5.82 Å². The molecule has 4 nitrogen and oxygen atoms in total. The standard InChI is InChI=1S/C22H16ClF4NO3/c1-30-19-9-6-13(10-14(19)12-31-20-5-3-2-4-16(20)23)21(29)28-18-11-15(22(25,26)27)7-8-17(18)24/h2-11H,12H2,1H3,(H,28,29). The van der Waals surface area contributed by atoms with E-state index in [0.717, 1.165) is 0 Å². The molecule has 3 aromatic carbocycles. The summed E-state index contributed by atoms with van der Waals surface area (Å²) in [7, 11) is 1.44. The molecule has 1 amide bonds. The Kier molecular flexibility index (Phi) is 6.70. The van der Waals surface area contributed by atoms with Crippen LogP contribution in [0.25, 0.3) is 0 Å². The minimum absolute atomic E-state index is 0.00590. The molecule has 0 aliphatic carbocycles. The smallest absolute Gasteiger partial charge is 0.416 e. The molecule has 9 heteroatoms. The van der Waals surface area contributed by atoms with E-state index >= 15 is 0 Å². The van der Waals surface area contributed by atoms with Gasteiger partial charge in [-0.15, -0.1) is 0 Å². The molecule has 0 unspecified atom stereocenters. The van der Waals surface area contributed by atoms with Crippen molar-refractivity contribution < 1.29 is 31.8 Å². The first-order valence-corrected chi connectivity index (χ1v) is 9.29. The van der Waals surface area contributed by atoms with Gasteiger partial charge in [0.15, 0.2) is 0 Å². The minimum atomic E-state index is -4.67. The highest BCUT2D eigenvalue weighted by Crippen LogP contribution is 2.32. The number of carbonyl (C=O) groups excluding carboxylic acids is 1. The lowest BCUT2D eigenvalue weighted by Crippen LogP contribution is -2.15. The van der Waals surface area contributed by atoms with Crippen LogP contribution < -0.4 is 14.8 Å². The van der Waals surface area contributed by atoms with E-state index < -0.39 is 29.2 Å². The third-order valence-electron chi connectivity index (χ3n) is 4.30. The number of ether oxygens (including phenoxy) is 2. The molecular formula is C22H16ClF4NO3. The molecule has 0 atom stereocenters. The van der Waals surface area contributed by atoms with Crippen molar-refractivity contribution in [3.8, 4) is 11.5 Å². The van der Waals surface area contributed by atoms with Gasteiger partial charge in [0.25, 0.3) is 5.91 Å². The molecule has 0 radical (unpaired) electrons. The lowest BCUT2D eigenvalue weighted by atomic mass is 10.1. The largest absolute Gasteiger partial charge is 0.496 e. The molecule has 31 heavy (non-hydrogen) atoms. The van der Waals surface area contributed by atoms with E-state index in [9.17, 15) is 22.4 Å². The number of rotatable bonds is 6. The van der Waals surface area contributed by atoms with Crippen LogP contribution in [0.4, 0.5) is 23.2 Å². The van der Waals surface area contributed by atoms with Crippen LogP contribution in [0.3, 0.4) is 0 Å². The second-order valence-corrected chi connectivity index (χ2v) is 6.80. The van der Waals surface area contributed by atoms with Crippen molar-refractivity contribution in [3.05, 3.63) is 88.2 Å². The second-order valence-electron chi connectivity index (χ2n) is 6.39. The number of para-hydroxylation sites is 1. The maximum absolute atomic E-state index is 13.9. The van der Waals surface area contributed by atoms with Gasteiger partial charge < -0.3 is 14.8 Å². The van der Waals surface area contributed by atoms with Gasteiger partial charge in [0.05, 0.1) is 23.4 Å². The van der Waals surface area contributed by atoms with Crippen LogP contribution in [-0.4, -0.2) is 13.0 Å². The Labute approximate surface area is 180 Å². The third-order valence-corrected chi connectivity index (χ3v) is 4.62. The van der Waals surface area contributed by atoms with Gasteiger partial charge in [-0.1, -0.05) is 23.7 Å². The molecule has 3 aromatic rings. The van der Waals surface area contributed by atoms with Crippen LogP contribution in [0.15, 0.2) is 60.7 Å². The third kappa shape index (κ3) is 5.46. The Hall–Kier alpha value is -3.26. The molecular weight excluding hydrogens is 438 g/mol. The second kappa shape index (κ2) is 9.26. The molecule has 0 bridgehead atoms. The van der Waals surface area contributed by atoms with Gasteiger partial charge in [0, 0.05) is 11.1 Å². The Balaban J connectivity index is 1.82. The average Bonchev–Trinajstić information content (AvgIpc) is 2.73. The van der Waals surface area contributed by atoms with Crippen LogP contribution in [0.2, 0.25) is 5.02 Å². The van der Waals surface area contributed by atoms with Gasteiger partial charge in [-0.2, -0.15) is 13.2 Å². The molecule has 0 aliphatic rings. The number of methoxy groups -OCH3 is 1. The van der Waals surface area contributed by atoms with Gasteiger partial charge in [-0.3, -0.25) is 4.79 Å². The number of amides is 1. The van der Waals surface area contributed by atoms with Crippen molar-refractivity contribution in [3.63, 3.8) is 0 Å². The van der Waals surface area contributed by atoms with Gasteiger partial charge in [0.1, 0.15) is 23.9 Å². The summed E-state index contributed by atoms with van der Waals surface area (Å²) in [4.78, 5) is 12.5. The zero-order valence-electron chi connectivity index (χ0n) is 16.1. The Morgan fingerprint density at radius 3 is 2.45 bits per heavy atom. The van der Waals surface area contributed by atoms with E-state index in [-0.39, 0.29) is 12.2 Å². The van der Waals surface area contributed by atoms with Gasteiger partial charge >= 0.3 is 6.18 Å². The molecule has 0 aromatic heterocycles. The molecule has 0 saturated heterocycles. The maximum atomic E-state index is 13.9. The highest BCUT2D eigenvalue weighted by atomic mass is 35.5. The minimum Gasteiger partial charge on any atom is -0.496 e. The van der Waals surface area contributed by atoms with E-state index in [4.69, 9.17) is 21.1 Å². The van der Waals surface area contributed by atoms with Crippen molar-refractivity contribution in [1.82, 2.24) is 0 Å². The topological polar surface area (TPSA) is 47.6 Å². The zero-order chi connectivity index (χ0) is 22.6. The zero-order valence-corrected chi connectivity index (χ0v) is 16.9. The summed E-state index contributed by atoms with van der Waals surface area (Å²) >= 11 is 6.06. The van der Waals surface area contributed by atoms with Crippen molar-refractivity contribution >= 4 is 23.2 Å². The van der Waals surface area contributed by atoms with E-state index in [0.29, 0.717) is 40.3 Å². The first-order chi connectivity index (χ1) is 14.7. The number of anilines is 1. The highest BCUT2D eigenvalue weighted by molar-refractivity contribution is 6.32. The van der Waals surface area contributed by atoms with Crippen LogP contribution >= 0.6 is 11.6 Å². The number of hydrogen-bond donors (Lipinski definition) is 1. The quantitative estimate of drug-likeness (QED) is 0.443. The van der Waals surface area contributed by atoms with E-state index in [1.807, 2.05) is 0 Å². The van der Waals surface area contributed by atoms with Gasteiger partial charge in [-0.25, -0.2) is 4.39 Å². The summed E-state index contributed by atoms with van der Waals surface area (Å²) in [6, 6.07) is 12.9. The summed E-state index contributed by atoms with van der Waals surface area (Å²) in [5, 5.41) is 2.57. The summed E-state index contributed by atoms with van der Waals surface area (Å²) in [5.74, 6) is -0.932. The summed E-state index contributed by atoms with van der Waals surface area (Å²) in [5.41, 5.74) is -1.09. The number of alkyl halides is 3. The number of halogens is 5. The summed E-state index contributed by atoms with van der Waals surface area (Å²) < 4.78 is 63.5. The predicted octanol–water partition coefficient (Wildman–Crippen LogP) is 6.34. The molecule has 1 N–H and O–H groups in total. The lowest BCUT2D eigenvalue weighted by molar-refractivity contribution is -0.137. The first kappa shape index (κ1) is 22.4. The summed E-state index contributed by atoms with van der Waals surface area (Å²) in [6.07, 6.45) is -4.67. The molecule has 0 aliphatic heterocycles. The Bertz CT molecular complexity index is 1100. The normalized spacial score (nSPS) is 11.2. The monoisotopic (exact) mass is 453 g/mol.